The van der Waals surface area contributed by atoms with Crippen molar-refractivity contribution in [3.8, 4) is 0 Å². The molecule has 0 saturated carbocycles. The number of thioether (sulfide) groups is 2. The zero-order chi connectivity index (χ0) is 7.61. The third kappa shape index (κ3) is 5.54. The van der Waals surface area contributed by atoms with Gasteiger partial charge in [0.2, 0.25) is 0 Å². The molecule has 0 N–H and O–H groups in total. The van der Waals surface area contributed by atoms with Crippen LogP contribution < -0.4 is 12.4 Å². The minimum atomic E-state index is -0.914. The number of hydrogen-bond acceptors (Lipinski definition) is 2. The topological polar surface area (TPSA) is 0 Å². The molecule has 1 aliphatic heterocycles. The van der Waals surface area contributed by atoms with E-state index in [0.29, 0.717) is 0 Å². The van der Waals surface area contributed by atoms with E-state index in [1.807, 2.05) is 0 Å². The Hall–Kier alpha value is 1.83. The van der Waals surface area contributed by atoms with Crippen LogP contribution in [0.1, 0.15) is 6.42 Å². The third-order valence-corrected chi connectivity index (χ3v) is 9.35. The predicted molar refractivity (Wildman–Crippen MR) is 56.1 cm³/mol. The minimum absolute atomic E-state index is 0. The van der Waals surface area contributed by atoms with Crippen molar-refractivity contribution in [1.82, 2.24) is 0 Å². The fourth-order valence-electron chi connectivity index (χ4n) is 0.863. The second-order valence-corrected chi connectivity index (χ2v) is 11.8. The molecule has 0 aromatic rings. The molecule has 0 aliphatic carbocycles. The Morgan fingerprint density at radius 3 is 1.75 bits per heavy atom. The maximum absolute atomic E-state index is 2.44. The van der Waals surface area contributed by atoms with E-state index in [2.05, 4.69) is 43.2 Å². The van der Waals surface area contributed by atoms with Gasteiger partial charge in [-0.1, -0.05) is 19.6 Å². The zero-order valence-corrected chi connectivity index (χ0v) is 14.4. The van der Waals surface area contributed by atoms with Crippen LogP contribution in [0, 0.1) is 4.21 Å². The summed E-state index contributed by atoms with van der Waals surface area (Å²) in [6.45, 7) is 7.31. The first-order valence-electron chi connectivity index (χ1n) is 3.74. The van der Waals surface area contributed by atoms with Gasteiger partial charge in [-0.2, -0.15) is 0 Å². The van der Waals surface area contributed by atoms with Crippen LogP contribution in [0.4, 0.5) is 0 Å². The number of rotatable bonds is 1. The van der Waals surface area contributed by atoms with Crippen LogP contribution >= 0.6 is 23.5 Å². The zero-order valence-electron chi connectivity index (χ0n) is 8.02. The molecule has 1 heterocycles. The smallest absolute Gasteiger partial charge is 0.0777 e. The fraction of sp³-hybridized carbons (Fsp3) is 0.857. The van der Waals surface area contributed by atoms with Crippen LogP contribution in [0.5, 0.6) is 0 Å². The average Bonchev–Trinajstić information content (AvgIpc) is 1.88. The second kappa shape index (κ2) is 7.17. The van der Waals surface area contributed by atoms with Gasteiger partial charge in [0, 0.05) is 19.5 Å². The van der Waals surface area contributed by atoms with E-state index in [9.17, 15) is 0 Å². The molecule has 1 radical (unpaired) electrons. The van der Waals surface area contributed by atoms with E-state index in [-0.39, 0.29) is 31.9 Å². The molecule has 1 rings (SSSR count). The van der Waals surface area contributed by atoms with E-state index >= 15 is 0 Å². The van der Waals surface area contributed by atoms with Gasteiger partial charge in [-0.15, -0.1) is 23.5 Å². The van der Waals surface area contributed by atoms with Crippen LogP contribution in [-0.2, 0) is 19.5 Å². The minimum Gasteiger partial charge on any atom is -1.00 e. The van der Waals surface area contributed by atoms with Crippen LogP contribution in [0.2, 0.25) is 19.6 Å². The number of hydrogen-bond donors (Lipinski definition) is 0. The normalized spacial score (nSPS) is 19.2. The maximum atomic E-state index is 2.44. The molecule has 12 heavy (non-hydrogen) atoms. The van der Waals surface area contributed by atoms with E-state index < -0.39 is 8.07 Å². The first-order valence-corrected chi connectivity index (χ1v) is 9.21. The Morgan fingerprint density at radius 2 is 1.50 bits per heavy atom. The molecule has 0 unspecified atom stereocenters. The average molecular weight is 292 g/mol. The standard InChI is InChI=1S/C7H15S2Si.ClH.Zn/c1-10(2,3)7-8-5-4-6-9-7;;/h4-6H2,1-3H3;1H;/p-1. The SMILES string of the molecule is C[Si](C)(C)[C]1SCCCS1.[Cl-].[Zn]. The number of halogens is 1. The Balaban J connectivity index is 0. The van der Waals surface area contributed by atoms with Gasteiger partial charge >= 0.3 is 0 Å². The first-order chi connectivity index (χ1) is 4.61. The summed E-state index contributed by atoms with van der Waals surface area (Å²) in [4.78, 5) is 0. The molecule has 0 nitrogen and oxygen atoms in total. The predicted octanol–water partition coefficient (Wildman–Crippen LogP) is 0.225. The van der Waals surface area contributed by atoms with Crippen LogP contribution in [0.3, 0.4) is 0 Å². The molecule has 5 heteroatoms. The van der Waals surface area contributed by atoms with E-state index in [4.69, 9.17) is 0 Å². The van der Waals surface area contributed by atoms with Crippen molar-refractivity contribution in [2.75, 3.05) is 11.5 Å². The van der Waals surface area contributed by atoms with Gasteiger partial charge in [-0.05, 0) is 17.9 Å². The Labute approximate surface area is 105 Å². The molecule has 1 saturated heterocycles. The van der Waals surface area contributed by atoms with E-state index in [1.54, 1.807) is 4.21 Å². The largest absolute Gasteiger partial charge is 1.00 e. The molecule has 0 bridgehead atoms. The van der Waals surface area contributed by atoms with Crippen LogP contribution in [0.25, 0.3) is 0 Å². The molecular formula is C7H15ClS2SiZn-. The van der Waals surface area contributed by atoms with Crippen molar-refractivity contribution in [1.29, 1.82) is 0 Å². The summed E-state index contributed by atoms with van der Waals surface area (Å²) in [5, 5.41) is 0. The van der Waals surface area contributed by atoms with Gasteiger partial charge in [0.25, 0.3) is 0 Å². The van der Waals surface area contributed by atoms with Crippen molar-refractivity contribution < 1.29 is 31.9 Å². The molecule has 0 aromatic heterocycles. The van der Waals surface area contributed by atoms with Crippen molar-refractivity contribution in [3.63, 3.8) is 0 Å². The van der Waals surface area contributed by atoms with Crippen molar-refractivity contribution in [2.45, 2.75) is 26.1 Å². The summed E-state index contributed by atoms with van der Waals surface area (Å²) in [6.07, 6.45) is 1.41. The van der Waals surface area contributed by atoms with Crippen molar-refractivity contribution in [3.05, 3.63) is 4.21 Å². The van der Waals surface area contributed by atoms with E-state index in [1.165, 1.54) is 17.9 Å². The summed E-state index contributed by atoms with van der Waals surface area (Å²) in [5.41, 5.74) is 0. The van der Waals surface area contributed by atoms with Crippen LogP contribution in [-0.4, -0.2) is 19.6 Å². The van der Waals surface area contributed by atoms with Gasteiger partial charge in [-0.25, -0.2) is 0 Å². The Bertz CT molecular complexity index is 112. The molecule has 0 atom stereocenters. The van der Waals surface area contributed by atoms with Crippen molar-refractivity contribution in [2.24, 2.45) is 0 Å². The molecule has 1 fully saturated rings. The summed E-state index contributed by atoms with van der Waals surface area (Å²) >= 11 is 4.22. The van der Waals surface area contributed by atoms with Gasteiger partial charge in [0.05, 0.1) is 12.3 Å². The second-order valence-electron chi connectivity index (χ2n) is 3.59. The monoisotopic (exact) mass is 290 g/mol. The Morgan fingerprint density at radius 1 is 1.08 bits per heavy atom. The molecule has 69 valence electrons. The van der Waals surface area contributed by atoms with Gasteiger partial charge < -0.3 is 12.4 Å². The molecular weight excluding hydrogens is 277 g/mol. The molecule has 0 spiro atoms. The van der Waals surface area contributed by atoms with Gasteiger partial charge in [0.15, 0.2) is 0 Å². The van der Waals surface area contributed by atoms with Crippen LogP contribution in [0.15, 0.2) is 0 Å². The molecule has 0 amide bonds. The summed E-state index contributed by atoms with van der Waals surface area (Å²) < 4.78 is 1.76. The summed E-state index contributed by atoms with van der Waals surface area (Å²) in [5.74, 6) is 2.74. The maximum Gasteiger partial charge on any atom is 0.0777 e. The quantitative estimate of drug-likeness (QED) is 0.635. The summed E-state index contributed by atoms with van der Waals surface area (Å²) in [7, 11) is -0.914. The van der Waals surface area contributed by atoms with E-state index in [0.717, 1.165) is 0 Å². The fourth-order valence-corrected chi connectivity index (χ4v) is 6.90. The third-order valence-electron chi connectivity index (χ3n) is 1.37. The first kappa shape index (κ1) is 16.3. The Kier molecular flexibility index (Phi) is 9.71. The molecule has 0 aromatic carbocycles. The van der Waals surface area contributed by atoms with Gasteiger partial charge in [0.1, 0.15) is 0 Å². The van der Waals surface area contributed by atoms with Crippen molar-refractivity contribution >= 4 is 31.6 Å². The summed E-state index contributed by atoms with van der Waals surface area (Å²) in [6, 6.07) is 0. The van der Waals surface area contributed by atoms with Gasteiger partial charge in [-0.3, -0.25) is 0 Å². The molecule has 1 aliphatic rings.